The molecule has 0 aromatic carbocycles. The van der Waals surface area contributed by atoms with E-state index >= 15 is 0 Å². The molecule has 0 rings (SSSR count). The van der Waals surface area contributed by atoms with Gasteiger partial charge in [-0.2, -0.15) is 0 Å². The molecule has 0 atom stereocenters. The number of hydrogen-bond donors (Lipinski definition) is 1. The van der Waals surface area contributed by atoms with Crippen LogP contribution in [0.3, 0.4) is 0 Å². The second-order valence-corrected chi connectivity index (χ2v) is 7.18. The molecule has 1 N–H and O–H groups in total. The van der Waals surface area contributed by atoms with Gasteiger partial charge in [0.25, 0.3) is 0 Å². The normalized spacial score (nSPS) is 11.6. The largest absolute Gasteiger partial charge is 0.500 e. The summed E-state index contributed by atoms with van der Waals surface area (Å²) < 4.78 is 17.3. The van der Waals surface area contributed by atoms with Gasteiger partial charge in [0.1, 0.15) is 0 Å². The van der Waals surface area contributed by atoms with Crippen LogP contribution in [0.25, 0.3) is 0 Å². The Morgan fingerprint density at radius 1 is 1.00 bits per heavy atom. The second-order valence-electron chi connectivity index (χ2n) is 4.45. The van der Waals surface area contributed by atoms with Crippen molar-refractivity contribution in [3.63, 3.8) is 0 Å². The van der Waals surface area contributed by atoms with Crippen LogP contribution in [-0.2, 0) is 18.1 Å². The monoisotopic (exact) mass is 304 g/mol. The molecule has 0 saturated carbocycles. The van der Waals surface area contributed by atoms with Gasteiger partial charge in [-0.15, -0.1) is 0 Å². The van der Waals surface area contributed by atoms with Crippen molar-refractivity contribution in [2.24, 2.45) is 0 Å². The van der Waals surface area contributed by atoms with Crippen LogP contribution in [0, 0.1) is 0 Å². The van der Waals surface area contributed by atoms with Crippen molar-refractivity contribution in [3.05, 3.63) is 12.2 Å². The Morgan fingerprint density at radius 3 is 1.90 bits per heavy atom. The first kappa shape index (κ1) is 19.3. The third-order valence-electron chi connectivity index (χ3n) is 2.86. The van der Waals surface area contributed by atoms with Crippen molar-refractivity contribution in [1.82, 2.24) is 0 Å². The third kappa shape index (κ3) is 7.79. The van der Waals surface area contributed by atoms with Gasteiger partial charge in [-0.3, -0.25) is 0 Å². The highest BCUT2D eigenvalue weighted by Gasteiger charge is 2.39. The zero-order chi connectivity index (χ0) is 15.4. The maximum absolute atomic E-state index is 10.6. The first-order valence-corrected chi connectivity index (χ1v) is 9.27. The van der Waals surface area contributed by atoms with Crippen LogP contribution in [0.2, 0.25) is 6.04 Å². The first-order chi connectivity index (χ1) is 9.51. The molecule has 0 fully saturated rings. The molecule has 0 saturated heterocycles. The van der Waals surface area contributed by atoms with Crippen LogP contribution >= 0.6 is 0 Å². The quantitative estimate of drug-likeness (QED) is 0.321. The maximum Gasteiger partial charge on any atom is 0.500 e. The van der Waals surface area contributed by atoms with Gasteiger partial charge in [0.15, 0.2) is 0 Å². The van der Waals surface area contributed by atoms with E-state index in [-0.39, 0.29) is 5.57 Å². The van der Waals surface area contributed by atoms with E-state index in [1.54, 1.807) is 0 Å². The highest BCUT2D eigenvalue weighted by atomic mass is 28.4. The minimum absolute atomic E-state index is 0.271. The number of unbranched alkanes of at least 4 members (excludes halogenated alkanes) is 2. The van der Waals surface area contributed by atoms with Crippen molar-refractivity contribution in [2.75, 3.05) is 19.8 Å². The van der Waals surface area contributed by atoms with Crippen LogP contribution in [0.15, 0.2) is 12.2 Å². The number of aliphatic carboxylic acids is 1. The van der Waals surface area contributed by atoms with E-state index in [1.165, 1.54) is 0 Å². The van der Waals surface area contributed by atoms with Crippen molar-refractivity contribution in [3.8, 4) is 0 Å². The zero-order valence-corrected chi connectivity index (χ0v) is 13.9. The molecule has 0 heterocycles. The van der Waals surface area contributed by atoms with Gasteiger partial charge in [0, 0.05) is 31.4 Å². The molecule has 6 heteroatoms. The van der Waals surface area contributed by atoms with Gasteiger partial charge in [0.2, 0.25) is 0 Å². The maximum atomic E-state index is 10.6. The van der Waals surface area contributed by atoms with E-state index in [1.807, 2.05) is 20.8 Å². The van der Waals surface area contributed by atoms with Crippen LogP contribution in [0.5, 0.6) is 0 Å². The topological polar surface area (TPSA) is 65.0 Å². The Morgan fingerprint density at radius 2 is 1.50 bits per heavy atom. The molecule has 0 aliphatic rings. The summed E-state index contributed by atoms with van der Waals surface area (Å²) in [5, 5.41) is 8.73. The summed E-state index contributed by atoms with van der Waals surface area (Å²) in [5.41, 5.74) is 0.271. The van der Waals surface area contributed by atoms with Gasteiger partial charge in [-0.1, -0.05) is 13.0 Å². The van der Waals surface area contributed by atoms with E-state index in [2.05, 4.69) is 6.58 Å². The van der Waals surface area contributed by atoms with Crippen LogP contribution in [0.1, 0.15) is 46.5 Å². The van der Waals surface area contributed by atoms with E-state index < -0.39 is 14.8 Å². The summed E-state index contributed by atoms with van der Waals surface area (Å²) in [4.78, 5) is 10.6. The number of carboxylic acids is 1. The van der Waals surface area contributed by atoms with Crippen molar-refractivity contribution < 1.29 is 23.2 Å². The molecule has 0 aliphatic carbocycles. The van der Waals surface area contributed by atoms with Crippen molar-refractivity contribution >= 4 is 14.8 Å². The lowest BCUT2D eigenvalue weighted by Crippen LogP contribution is -2.45. The zero-order valence-electron chi connectivity index (χ0n) is 12.9. The van der Waals surface area contributed by atoms with Crippen LogP contribution < -0.4 is 0 Å². The molecule has 0 unspecified atom stereocenters. The Bertz CT molecular complexity index is 276. The lowest BCUT2D eigenvalue weighted by atomic mass is 10.1. The molecule has 118 valence electrons. The average Bonchev–Trinajstić information content (AvgIpc) is 2.39. The molecule has 5 nitrogen and oxygen atoms in total. The summed E-state index contributed by atoms with van der Waals surface area (Å²) in [6.07, 6.45) is 3.19. The fourth-order valence-corrected chi connectivity index (χ4v) is 4.65. The summed E-state index contributed by atoms with van der Waals surface area (Å²) in [6.45, 7) is 11.1. The Hall–Kier alpha value is -0.693. The van der Waals surface area contributed by atoms with Gasteiger partial charge >= 0.3 is 14.8 Å². The molecular formula is C14H28O5Si. The standard InChI is InChI=1S/C14H28O5Si/c1-5-17-20(18-6-2,19-7-3)12-10-8-9-11-13(4)14(15)16/h4-12H2,1-3H3,(H,15,16). The molecule has 0 bridgehead atoms. The van der Waals surface area contributed by atoms with Crippen molar-refractivity contribution in [1.29, 1.82) is 0 Å². The highest BCUT2D eigenvalue weighted by Crippen LogP contribution is 2.20. The molecule has 0 aromatic heterocycles. The predicted molar refractivity (Wildman–Crippen MR) is 80.7 cm³/mol. The molecule has 0 aliphatic heterocycles. The summed E-state index contributed by atoms with van der Waals surface area (Å²) >= 11 is 0. The number of carboxylic acid groups (broad SMARTS) is 1. The minimum atomic E-state index is -2.53. The average molecular weight is 304 g/mol. The van der Waals surface area contributed by atoms with E-state index in [0.29, 0.717) is 26.2 Å². The van der Waals surface area contributed by atoms with Crippen molar-refractivity contribution in [2.45, 2.75) is 52.5 Å². The van der Waals surface area contributed by atoms with E-state index in [4.69, 9.17) is 18.4 Å². The molecule has 0 radical (unpaired) electrons. The van der Waals surface area contributed by atoms with Gasteiger partial charge in [0.05, 0.1) is 0 Å². The first-order valence-electron chi connectivity index (χ1n) is 7.34. The number of carbonyl (C=O) groups is 1. The number of hydrogen-bond acceptors (Lipinski definition) is 4. The molecule has 0 spiro atoms. The third-order valence-corrected chi connectivity index (χ3v) is 6.01. The molecule has 0 amide bonds. The smallest absolute Gasteiger partial charge is 0.478 e. The molecular weight excluding hydrogens is 276 g/mol. The van der Waals surface area contributed by atoms with Crippen LogP contribution in [-0.4, -0.2) is 39.7 Å². The fourth-order valence-electron chi connectivity index (χ4n) is 1.96. The van der Waals surface area contributed by atoms with Gasteiger partial charge in [-0.05, 0) is 40.0 Å². The summed E-state index contributed by atoms with van der Waals surface area (Å²) in [7, 11) is -2.53. The molecule has 0 aromatic rings. The lowest BCUT2D eigenvalue weighted by Gasteiger charge is -2.28. The van der Waals surface area contributed by atoms with Crippen LogP contribution in [0.4, 0.5) is 0 Å². The second kappa shape index (κ2) is 11.0. The van der Waals surface area contributed by atoms with Gasteiger partial charge < -0.3 is 18.4 Å². The Kier molecular flexibility index (Phi) is 10.6. The molecule has 20 heavy (non-hydrogen) atoms. The predicted octanol–water partition coefficient (Wildman–Crippen LogP) is 3.24. The lowest BCUT2D eigenvalue weighted by molar-refractivity contribution is -0.132. The SMILES string of the molecule is C=C(CCCCC[Si](OCC)(OCC)OCC)C(=O)O. The van der Waals surface area contributed by atoms with Gasteiger partial charge in [-0.25, -0.2) is 4.79 Å². The minimum Gasteiger partial charge on any atom is -0.478 e. The Balaban J connectivity index is 4.12. The van der Waals surface area contributed by atoms with E-state index in [0.717, 1.165) is 25.3 Å². The summed E-state index contributed by atoms with van der Waals surface area (Å²) in [6, 6.07) is 0.780. The highest BCUT2D eigenvalue weighted by molar-refractivity contribution is 6.60. The van der Waals surface area contributed by atoms with E-state index in [9.17, 15) is 4.79 Å². The summed E-state index contributed by atoms with van der Waals surface area (Å²) in [5.74, 6) is -0.910. The fraction of sp³-hybridized carbons (Fsp3) is 0.786. The Labute approximate surface area is 123 Å². The number of rotatable bonds is 13.